The highest BCUT2D eigenvalue weighted by molar-refractivity contribution is 6.14. The monoisotopic (exact) mass is 485 g/mol. The van der Waals surface area contributed by atoms with E-state index in [1.165, 1.54) is 12.1 Å². The SMILES string of the molecule is COc1cc(Nc2ncc3c(n2)N(C)C2(CC2)C(=O)N3c2ccc(F)cc2)ccc1-n1cnc(C)c1. The highest BCUT2D eigenvalue weighted by Crippen LogP contribution is 2.52. The topological polar surface area (TPSA) is 88.4 Å². The van der Waals surface area contributed by atoms with Crippen LogP contribution in [0.15, 0.2) is 61.2 Å². The molecule has 9 nitrogen and oxygen atoms in total. The van der Waals surface area contributed by atoms with E-state index in [1.54, 1.807) is 36.7 Å². The number of carbonyl (C=O) groups excluding carboxylic acids is 1. The third kappa shape index (κ3) is 3.44. The summed E-state index contributed by atoms with van der Waals surface area (Å²) in [6, 6.07) is 11.6. The number of hydrogen-bond acceptors (Lipinski definition) is 7. The number of anilines is 5. The van der Waals surface area contributed by atoms with Crippen molar-refractivity contribution in [1.82, 2.24) is 19.5 Å². The molecule has 1 fully saturated rings. The van der Waals surface area contributed by atoms with Gasteiger partial charge in [-0.15, -0.1) is 0 Å². The van der Waals surface area contributed by atoms with Gasteiger partial charge in [0.15, 0.2) is 5.82 Å². The van der Waals surface area contributed by atoms with Crippen molar-refractivity contribution in [2.45, 2.75) is 25.3 Å². The first-order chi connectivity index (χ1) is 17.4. The summed E-state index contributed by atoms with van der Waals surface area (Å²) in [5.74, 6) is 1.27. The molecule has 2 aromatic carbocycles. The van der Waals surface area contributed by atoms with Crippen molar-refractivity contribution < 1.29 is 13.9 Å². The Hall–Kier alpha value is -4.47. The molecule has 1 amide bonds. The number of rotatable bonds is 5. The molecule has 1 N–H and O–H groups in total. The van der Waals surface area contributed by atoms with E-state index < -0.39 is 5.54 Å². The zero-order valence-electron chi connectivity index (χ0n) is 20.1. The Morgan fingerprint density at radius 1 is 1.08 bits per heavy atom. The van der Waals surface area contributed by atoms with Gasteiger partial charge < -0.3 is 19.5 Å². The number of hydrogen-bond donors (Lipinski definition) is 1. The average Bonchev–Trinajstić information content (AvgIpc) is 3.58. The summed E-state index contributed by atoms with van der Waals surface area (Å²) in [5, 5.41) is 3.25. The second-order valence-electron chi connectivity index (χ2n) is 9.04. The number of nitrogens with zero attached hydrogens (tertiary/aromatic N) is 6. The number of benzene rings is 2. The minimum absolute atomic E-state index is 0.0523. The molecule has 36 heavy (non-hydrogen) atoms. The Morgan fingerprint density at radius 2 is 1.86 bits per heavy atom. The number of amides is 1. The van der Waals surface area contributed by atoms with Crippen LogP contribution >= 0.6 is 0 Å². The van der Waals surface area contributed by atoms with Crippen LogP contribution in [0.4, 0.5) is 33.2 Å². The van der Waals surface area contributed by atoms with Crippen molar-refractivity contribution in [1.29, 1.82) is 0 Å². The van der Waals surface area contributed by atoms with Gasteiger partial charge in [0.1, 0.15) is 22.8 Å². The van der Waals surface area contributed by atoms with E-state index in [9.17, 15) is 9.18 Å². The maximum absolute atomic E-state index is 13.6. The maximum Gasteiger partial charge on any atom is 0.257 e. The number of nitrogens with one attached hydrogen (secondary N) is 1. The van der Waals surface area contributed by atoms with E-state index in [-0.39, 0.29) is 11.7 Å². The Bertz CT molecular complexity index is 1480. The van der Waals surface area contributed by atoms with Crippen LogP contribution < -0.4 is 19.9 Å². The van der Waals surface area contributed by atoms with Gasteiger partial charge in [-0.05, 0) is 56.2 Å². The standard InChI is InChI=1S/C26H24FN7O2/c1-16-14-33(15-29-16)20-9-6-18(12-22(20)36-3)30-25-28-13-21-23(31-25)32(2)26(10-11-26)24(35)34(21)19-7-4-17(27)5-8-19/h4-9,12-15H,10-11H2,1-3H3,(H,28,30,31). The highest BCUT2D eigenvalue weighted by Gasteiger charge is 2.59. The van der Waals surface area contributed by atoms with Gasteiger partial charge in [0.25, 0.3) is 5.91 Å². The summed E-state index contributed by atoms with van der Waals surface area (Å²) < 4.78 is 21.1. The summed E-state index contributed by atoms with van der Waals surface area (Å²) in [5.41, 5.74) is 3.02. The van der Waals surface area contributed by atoms with Crippen LogP contribution in [0.25, 0.3) is 5.69 Å². The lowest BCUT2D eigenvalue weighted by atomic mass is 10.1. The van der Waals surface area contributed by atoms with Crippen LogP contribution in [0.3, 0.4) is 0 Å². The van der Waals surface area contributed by atoms with Crippen molar-refractivity contribution in [3.63, 3.8) is 0 Å². The van der Waals surface area contributed by atoms with Crippen LogP contribution in [0.2, 0.25) is 0 Å². The zero-order valence-corrected chi connectivity index (χ0v) is 20.1. The Labute approximate surface area is 207 Å². The van der Waals surface area contributed by atoms with E-state index in [2.05, 4.69) is 15.3 Å². The molecule has 0 unspecified atom stereocenters. The largest absolute Gasteiger partial charge is 0.494 e. The quantitative estimate of drug-likeness (QED) is 0.445. The summed E-state index contributed by atoms with van der Waals surface area (Å²) in [6.45, 7) is 1.93. The lowest BCUT2D eigenvalue weighted by Gasteiger charge is -2.40. The van der Waals surface area contributed by atoms with Gasteiger partial charge in [0, 0.05) is 30.7 Å². The van der Waals surface area contributed by atoms with Gasteiger partial charge in [-0.2, -0.15) is 4.98 Å². The fourth-order valence-corrected chi connectivity index (χ4v) is 4.66. The molecule has 0 atom stereocenters. The van der Waals surface area contributed by atoms with Crippen LogP contribution in [0.1, 0.15) is 18.5 Å². The average molecular weight is 486 g/mol. The summed E-state index contributed by atoms with van der Waals surface area (Å²) in [6.07, 6.45) is 6.76. The number of carbonyl (C=O) groups is 1. The van der Waals surface area contributed by atoms with Crippen molar-refractivity contribution in [3.8, 4) is 11.4 Å². The van der Waals surface area contributed by atoms with E-state index >= 15 is 0 Å². The molecule has 3 heterocycles. The van der Waals surface area contributed by atoms with Crippen molar-refractivity contribution in [3.05, 3.63) is 72.7 Å². The van der Waals surface area contributed by atoms with Gasteiger partial charge in [-0.1, -0.05) is 0 Å². The first kappa shape index (κ1) is 22.0. The molecule has 6 rings (SSSR count). The number of imidazole rings is 1. The second-order valence-corrected chi connectivity index (χ2v) is 9.04. The maximum atomic E-state index is 13.6. The van der Waals surface area contributed by atoms with Crippen LogP contribution in [0, 0.1) is 12.7 Å². The number of ether oxygens (including phenoxy) is 1. The smallest absolute Gasteiger partial charge is 0.257 e. The molecule has 1 saturated carbocycles. The molecule has 1 aliphatic carbocycles. The number of halogens is 1. The molecule has 0 bridgehead atoms. The number of methoxy groups -OCH3 is 1. The predicted molar refractivity (Wildman–Crippen MR) is 134 cm³/mol. The molecular formula is C26H24FN7O2. The van der Waals surface area contributed by atoms with Gasteiger partial charge in [0.05, 0.1) is 31.0 Å². The molecule has 10 heteroatoms. The summed E-state index contributed by atoms with van der Waals surface area (Å²) in [7, 11) is 3.50. The minimum atomic E-state index is -0.638. The van der Waals surface area contributed by atoms with Crippen molar-refractivity contribution >= 4 is 34.7 Å². The number of aryl methyl sites for hydroxylation is 1. The summed E-state index contributed by atoms with van der Waals surface area (Å²) in [4.78, 5) is 30.5. The molecule has 0 saturated heterocycles. The lowest BCUT2D eigenvalue weighted by molar-refractivity contribution is -0.120. The van der Waals surface area contributed by atoms with Gasteiger partial charge in [-0.25, -0.2) is 14.4 Å². The first-order valence-corrected chi connectivity index (χ1v) is 11.6. The Balaban J connectivity index is 1.35. The van der Waals surface area contributed by atoms with Crippen molar-refractivity contribution in [2.24, 2.45) is 0 Å². The van der Waals surface area contributed by atoms with Crippen LogP contribution in [-0.4, -0.2) is 45.1 Å². The number of likely N-dealkylation sites (N-methyl/N-ethyl adjacent to an activating group) is 1. The molecule has 1 spiro atoms. The predicted octanol–water partition coefficient (Wildman–Crippen LogP) is 4.51. The number of aromatic nitrogens is 4. The third-order valence-corrected chi connectivity index (χ3v) is 6.79. The van der Waals surface area contributed by atoms with Gasteiger partial charge in [0.2, 0.25) is 5.95 Å². The molecule has 182 valence electrons. The molecule has 2 aliphatic rings. The molecule has 4 aromatic rings. The van der Waals surface area contributed by atoms with E-state index in [1.807, 2.05) is 47.8 Å². The normalized spacial score (nSPS) is 15.7. The molecule has 0 radical (unpaired) electrons. The lowest BCUT2D eigenvalue weighted by Crippen LogP contribution is -2.53. The van der Waals surface area contributed by atoms with E-state index in [0.29, 0.717) is 28.9 Å². The van der Waals surface area contributed by atoms with E-state index in [0.717, 1.165) is 29.9 Å². The molecular weight excluding hydrogens is 461 g/mol. The Morgan fingerprint density at radius 3 is 2.53 bits per heavy atom. The number of fused-ring (bicyclic) bond motifs is 1. The molecule has 1 aliphatic heterocycles. The Kier molecular flexibility index (Phi) is 4.92. The first-order valence-electron chi connectivity index (χ1n) is 11.6. The molecule has 2 aromatic heterocycles. The van der Waals surface area contributed by atoms with Gasteiger partial charge in [-0.3, -0.25) is 9.69 Å². The zero-order chi connectivity index (χ0) is 25.0. The second kappa shape index (κ2) is 8.04. The van der Waals surface area contributed by atoms with Crippen LogP contribution in [0.5, 0.6) is 5.75 Å². The van der Waals surface area contributed by atoms with E-state index in [4.69, 9.17) is 9.72 Å². The highest BCUT2D eigenvalue weighted by atomic mass is 19.1. The third-order valence-electron chi connectivity index (χ3n) is 6.79. The summed E-state index contributed by atoms with van der Waals surface area (Å²) >= 11 is 0. The fraction of sp³-hybridized carbons (Fsp3) is 0.231. The van der Waals surface area contributed by atoms with Gasteiger partial charge >= 0.3 is 0 Å². The van der Waals surface area contributed by atoms with Crippen LogP contribution in [-0.2, 0) is 4.79 Å². The van der Waals surface area contributed by atoms with Crippen molar-refractivity contribution in [2.75, 3.05) is 29.3 Å². The minimum Gasteiger partial charge on any atom is -0.494 e. The fourth-order valence-electron chi connectivity index (χ4n) is 4.66.